The Labute approximate surface area is 221 Å². The lowest BCUT2D eigenvalue weighted by Crippen LogP contribution is -2.02. The van der Waals surface area contributed by atoms with Crippen molar-refractivity contribution in [3.63, 3.8) is 0 Å². The number of fused-ring (bicyclic) bond motifs is 3. The fourth-order valence-corrected chi connectivity index (χ4v) is 4.95. The quantitative estimate of drug-likeness (QED) is 0.207. The average molecular weight is 494 g/mol. The second kappa shape index (κ2) is 9.85. The van der Waals surface area contributed by atoms with Crippen molar-refractivity contribution in [1.29, 1.82) is 5.41 Å². The topological polar surface area (TPSA) is 89.0 Å². The van der Waals surface area contributed by atoms with Crippen molar-refractivity contribution in [2.24, 2.45) is 11.5 Å². The zero-order valence-electron chi connectivity index (χ0n) is 20.8. The van der Waals surface area contributed by atoms with E-state index in [1.165, 1.54) is 0 Å². The summed E-state index contributed by atoms with van der Waals surface area (Å²) in [5.41, 5.74) is 22.1. The van der Waals surface area contributed by atoms with Crippen LogP contribution in [0.25, 0.3) is 49.9 Å². The van der Waals surface area contributed by atoms with Crippen LogP contribution in [0.4, 0.5) is 0 Å². The first kappa shape index (κ1) is 23.5. The molecule has 0 saturated heterocycles. The van der Waals surface area contributed by atoms with Crippen LogP contribution in [-0.2, 0) is 6.54 Å². The second-order valence-electron chi connectivity index (χ2n) is 9.32. The molecule has 0 amide bonds. The van der Waals surface area contributed by atoms with Crippen LogP contribution in [0, 0.1) is 5.41 Å². The highest BCUT2D eigenvalue weighted by molar-refractivity contribution is 6.16. The highest BCUT2D eigenvalue weighted by Crippen LogP contribution is 2.42. The smallest absolute Gasteiger partial charge is 0.136 e. The number of allylic oxidation sites excluding steroid dienone is 1. The Morgan fingerprint density at radius 3 is 2.11 bits per heavy atom. The lowest BCUT2D eigenvalue weighted by Gasteiger charge is -2.13. The fourth-order valence-electron chi connectivity index (χ4n) is 4.95. The zero-order chi connectivity index (χ0) is 26.1. The molecule has 0 radical (unpaired) electrons. The van der Waals surface area contributed by atoms with E-state index in [4.69, 9.17) is 21.3 Å². The minimum Gasteiger partial charge on any atom is -0.456 e. The summed E-state index contributed by atoms with van der Waals surface area (Å²) >= 11 is 0. The first-order chi connectivity index (χ1) is 18.6. The number of furan rings is 1. The largest absolute Gasteiger partial charge is 0.456 e. The molecular formula is C34H27N3O. The number of rotatable bonds is 6. The van der Waals surface area contributed by atoms with Crippen LogP contribution in [0.3, 0.4) is 0 Å². The monoisotopic (exact) mass is 493 g/mol. The average Bonchev–Trinajstić information content (AvgIpc) is 3.36. The van der Waals surface area contributed by atoms with Crippen molar-refractivity contribution in [1.82, 2.24) is 0 Å². The summed E-state index contributed by atoms with van der Waals surface area (Å²) in [5, 5.41) is 10.6. The van der Waals surface area contributed by atoms with Crippen molar-refractivity contribution in [3.05, 3.63) is 138 Å². The van der Waals surface area contributed by atoms with Gasteiger partial charge in [-0.1, -0.05) is 103 Å². The second-order valence-corrected chi connectivity index (χ2v) is 9.32. The van der Waals surface area contributed by atoms with Gasteiger partial charge < -0.3 is 21.3 Å². The van der Waals surface area contributed by atoms with Crippen LogP contribution in [0.1, 0.15) is 16.7 Å². The summed E-state index contributed by atoms with van der Waals surface area (Å²) in [6.45, 7) is 0.511. The van der Waals surface area contributed by atoms with Gasteiger partial charge >= 0.3 is 0 Å². The van der Waals surface area contributed by atoms with E-state index in [1.807, 2.05) is 60.7 Å². The molecule has 0 aliphatic carbocycles. The summed E-state index contributed by atoms with van der Waals surface area (Å²) in [6.07, 6.45) is 1.71. The van der Waals surface area contributed by atoms with Gasteiger partial charge in [-0.15, -0.1) is 0 Å². The van der Waals surface area contributed by atoms with Gasteiger partial charge in [0.25, 0.3) is 0 Å². The van der Waals surface area contributed by atoms with Crippen LogP contribution in [0.15, 0.2) is 126 Å². The van der Waals surface area contributed by atoms with Gasteiger partial charge in [-0.05, 0) is 51.6 Å². The molecule has 1 heterocycles. The van der Waals surface area contributed by atoms with E-state index in [0.29, 0.717) is 18.0 Å². The Kier molecular flexibility index (Phi) is 6.08. The minimum atomic E-state index is 0.380. The van der Waals surface area contributed by atoms with E-state index in [2.05, 4.69) is 54.6 Å². The molecule has 0 atom stereocenters. The maximum absolute atomic E-state index is 8.41. The van der Waals surface area contributed by atoms with Crippen LogP contribution in [0.2, 0.25) is 0 Å². The molecule has 5 N–H and O–H groups in total. The predicted molar refractivity (Wildman–Crippen MR) is 158 cm³/mol. The third-order valence-electron chi connectivity index (χ3n) is 6.94. The van der Waals surface area contributed by atoms with Crippen molar-refractivity contribution in [2.45, 2.75) is 6.54 Å². The molecule has 1 aromatic heterocycles. The van der Waals surface area contributed by atoms with Crippen molar-refractivity contribution >= 4 is 33.3 Å². The van der Waals surface area contributed by atoms with Gasteiger partial charge in [0.1, 0.15) is 11.2 Å². The molecule has 6 rings (SSSR count). The number of nitrogens with one attached hydrogen (secondary N) is 1. The predicted octanol–water partition coefficient (Wildman–Crippen LogP) is 7.75. The number of nitrogens with two attached hydrogens (primary N) is 2. The Bertz CT molecular complexity index is 1800. The third kappa shape index (κ3) is 4.27. The molecule has 0 bridgehead atoms. The van der Waals surface area contributed by atoms with E-state index < -0.39 is 0 Å². The van der Waals surface area contributed by atoms with Gasteiger partial charge in [0.15, 0.2) is 0 Å². The molecule has 0 spiro atoms. The van der Waals surface area contributed by atoms with Crippen LogP contribution < -0.4 is 11.5 Å². The Morgan fingerprint density at radius 1 is 0.684 bits per heavy atom. The molecule has 0 aliphatic heterocycles. The van der Waals surface area contributed by atoms with Gasteiger partial charge in [0, 0.05) is 28.6 Å². The standard InChI is InChI=1S/C34H27N3O/c35-21-22-10-12-23(13-11-22)27-18-19-32-34(28-8-4-5-9-31(28)38-32)33(27)26-16-14-25(15-17-26)30(37)20-29(36)24-6-2-1-3-7-24/h1-20,36H,21,35,37H2/b30-20-,36-29?. The summed E-state index contributed by atoms with van der Waals surface area (Å²) in [6, 6.07) is 38.5. The van der Waals surface area contributed by atoms with E-state index >= 15 is 0 Å². The highest BCUT2D eigenvalue weighted by Gasteiger charge is 2.17. The van der Waals surface area contributed by atoms with Crippen LogP contribution in [0.5, 0.6) is 0 Å². The lowest BCUT2D eigenvalue weighted by molar-refractivity contribution is 0.669. The molecule has 38 heavy (non-hydrogen) atoms. The fraction of sp³-hybridized carbons (Fsp3) is 0.0294. The summed E-state index contributed by atoms with van der Waals surface area (Å²) < 4.78 is 6.22. The van der Waals surface area contributed by atoms with Crippen molar-refractivity contribution < 1.29 is 4.42 Å². The van der Waals surface area contributed by atoms with E-state index in [1.54, 1.807) is 6.08 Å². The number of hydrogen-bond acceptors (Lipinski definition) is 4. The van der Waals surface area contributed by atoms with Crippen LogP contribution >= 0.6 is 0 Å². The maximum atomic E-state index is 8.41. The Hall–Kier alpha value is -4.93. The van der Waals surface area contributed by atoms with E-state index in [9.17, 15) is 0 Å². The molecule has 6 aromatic rings. The molecule has 0 unspecified atom stereocenters. The Morgan fingerprint density at radius 2 is 1.37 bits per heavy atom. The maximum Gasteiger partial charge on any atom is 0.136 e. The van der Waals surface area contributed by atoms with Gasteiger partial charge in [0.2, 0.25) is 0 Å². The van der Waals surface area contributed by atoms with Gasteiger partial charge in [-0.25, -0.2) is 0 Å². The minimum absolute atomic E-state index is 0.380. The van der Waals surface area contributed by atoms with E-state index in [-0.39, 0.29) is 0 Å². The molecule has 184 valence electrons. The van der Waals surface area contributed by atoms with E-state index in [0.717, 1.165) is 60.9 Å². The van der Waals surface area contributed by atoms with Crippen molar-refractivity contribution in [2.75, 3.05) is 0 Å². The first-order valence-electron chi connectivity index (χ1n) is 12.6. The van der Waals surface area contributed by atoms with Crippen LogP contribution in [-0.4, -0.2) is 5.71 Å². The molecule has 0 saturated carbocycles. The summed E-state index contributed by atoms with van der Waals surface area (Å²) in [4.78, 5) is 0. The SMILES string of the molecule is N=C(/C=C(\N)c1ccc(-c2c(-c3ccc(CN)cc3)ccc3oc4ccccc4c23)cc1)c1ccccc1. The van der Waals surface area contributed by atoms with Gasteiger partial charge in [-0.2, -0.15) is 0 Å². The van der Waals surface area contributed by atoms with Gasteiger partial charge in [0.05, 0.1) is 5.71 Å². The molecule has 5 aromatic carbocycles. The zero-order valence-corrected chi connectivity index (χ0v) is 20.8. The summed E-state index contributed by atoms with van der Waals surface area (Å²) in [5.74, 6) is 0. The molecular weight excluding hydrogens is 466 g/mol. The molecule has 0 aliphatic rings. The molecule has 4 nitrogen and oxygen atoms in total. The molecule has 4 heteroatoms. The van der Waals surface area contributed by atoms with Gasteiger partial charge in [-0.3, -0.25) is 0 Å². The molecule has 0 fully saturated rings. The van der Waals surface area contributed by atoms with Crippen molar-refractivity contribution in [3.8, 4) is 22.3 Å². The highest BCUT2D eigenvalue weighted by atomic mass is 16.3. The third-order valence-corrected chi connectivity index (χ3v) is 6.94. The first-order valence-corrected chi connectivity index (χ1v) is 12.6. The normalized spacial score (nSPS) is 11.8. The number of para-hydroxylation sites is 1. The lowest BCUT2D eigenvalue weighted by atomic mass is 9.90. The summed E-state index contributed by atoms with van der Waals surface area (Å²) in [7, 11) is 0. The number of benzene rings is 5. The number of hydrogen-bond donors (Lipinski definition) is 3. The Balaban J connectivity index is 1.48.